The maximum atomic E-state index is 13.5. The van der Waals surface area contributed by atoms with E-state index in [0.717, 1.165) is 25.9 Å². The number of likely N-dealkylation sites (N-methyl/N-ethyl adjacent to an activating group) is 1. The van der Waals surface area contributed by atoms with E-state index in [1.54, 1.807) is 14.2 Å². The second-order valence-electron chi connectivity index (χ2n) is 13.2. The van der Waals surface area contributed by atoms with E-state index in [9.17, 15) is 14.7 Å². The van der Waals surface area contributed by atoms with E-state index in [1.165, 1.54) is 13.8 Å². The SMILES string of the molecule is CCN1C[C@]2(C)CC[C@@H](OC)[C@]34[C@@H]2[C@H](OC(C)=O)[C@@]2(OCO[C@@]25C[C@H](OC)[C@H]2C[C@]3(O)[C@@H]5[C@H]2OC(C)=O)[C@@H]14. The smallest absolute Gasteiger partial charge is 0.303 e. The van der Waals surface area contributed by atoms with Crippen molar-refractivity contribution in [1.82, 2.24) is 4.90 Å². The zero-order valence-corrected chi connectivity index (χ0v) is 23.2. The summed E-state index contributed by atoms with van der Waals surface area (Å²) in [6.07, 6.45) is 0.595. The van der Waals surface area contributed by atoms with Crippen molar-refractivity contribution in [1.29, 1.82) is 0 Å². The van der Waals surface area contributed by atoms with E-state index in [-0.39, 0.29) is 48.3 Å². The Kier molecular flexibility index (Phi) is 5.20. The lowest BCUT2D eigenvalue weighted by molar-refractivity contribution is -0.331. The quantitative estimate of drug-likeness (QED) is 0.517. The minimum Gasteiger partial charge on any atom is -0.462 e. The molecule has 0 aromatic heterocycles. The molecule has 7 aliphatic rings. The first-order chi connectivity index (χ1) is 18.0. The number of esters is 2. The van der Waals surface area contributed by atoms with Gasteiger partial charge in [0.1, 0.15) is 24.6 Å². The van der Waals surface area contributed by atoms with Gasteiger partial charge in [-0.05, 0) is 31.2 Å². The monoisotopic (exact) mass is 535 g/mol. The molecule has 1 N–H and O–H groups in total. The van der Waals surface area contributed by atoms with Crippen LogP contribution < -0.4 is 0 Å². The molecule has 5 saturated carbocycles. The van der Waals surface area contributed by atoms with Crippen LogP contribution in [0.15, 0.2) is 0 Å². The van der Waals surface area contributed by atoms with Crippen LogP contribution >= 0.6 is 0 Å². The summed E-state index contributed by atoms with van der Waals surface area (Å²) in [4.78, 5) is 27.7. The lowest BCUT2D eigenvalue weighted by Gasteiger charge is -2.71. The van der Waals surface area contributed by atoms with Crippen molar-refractivity contribution in [3.63, 3.8) is 0 Å². The van der Waals surface area contributed by atoms with Gasteiger partial charge in [-0.15, -0.1) is 0 Å². The first-order valence-electron chi connectivity index (χ1n) is 14.2. The molecule has 2 heterocycles. The third kappa shape index (κ3) is 2.42. The Morgan fingerprint density at radius 2 is 1.79 bits per heavy atom. The highest BCUT2D eigenvalue weighted by Crippen LogP contribution is 2.83. The third-order valence-corrected chi connectivity index (χ3v) is 12.2. The van der Waals surface area contributed by atoms with Crippen molar-refractivity contribution >= 4 is 11.9 Å². The predicted molar refractivity (Wildman–Crippen MR) is 131 cm³/mol. The van der Waals surface area contributed by atoms with E-state index in [0.29, 0.717) is 12.8 Å². The first kappa shape index (κ1) is 25.7. The fourth-order valence-electron chi connectivity index (χ4n) is 11.8. The summed E-state index contributed by atoms with van der Waals surface area (Å²) >= 11 is 0. The van der Waals surface area contributed by atoms with E-state index < -0.39 is 46.3 Å². The zero-order valence-electron chi connectivity index (χ0n) is 23.2. The Bertz CT molecular complexity index is 1070. The van der Waals surface area contributed by atoms with Gasteiger partial charge < -0.3 is 33.5 Å². The molecule has 2 saturated heterocycles. The molecule has 10 heteroatoms. The van der Waals surface area contributed by atoms with Crippen LogP contribution in [0.25, 0.3) is 0 Å². The van der Waals surface area contributed by atoms with Gasteiger partial charge in [0.15, 0.2) is 5.60 Å². The fourth-order valence-corrected chi connectivity index (χ4v) is 11.8. The molecule has 0 aromatic rings. The summed E-state index contributed by atoms with van der Waals surface area (Å²) in [7, 11) is 3.38. The molecule has 0 amide bonds. The highest BCUT2D eigenvalue weighted by molar-refractivity contribution is 5.67. The number of carbonyl (C=O) groups excluding carboxylic acids is 2. The lowest BCUT2D eigenvalue weighted by atomic mass is 9.41. The van der Waals surface area contributed by atoms with Crippen molar-refractivity contribution in [3.8, 4) is 0 Å². The average molecular weight is 536 g/mol. The molecule has 212 valence electrons. The molecule has 10 nitrogen and oxygen atoms in total. The molecule has 38 heavy (non-hydrogen) atoms. The Labute approximate surface area is 223 Å². The number of ether oxygens (including phenoxy) is 6. The molecular formula is C28H41NO9. The second-order valence-corrected chi connectivity index (χ2v) is 13.2. The van der Waals surface area contributed by atoms with Crippen molar-refractivity contribution in [2.75, 3.05) is 34.1 Å². The number of aliphatic hydroxyl groups is 1. The third-order valence-electron chi connectivity index (χ3n) is 12.2. The number of methoxy groups -OCH3 is 2. The minimum absolute atomic E-state index is 0.00343. The van der Waals surface area contributed by atoms with Gasteiger partial charge in [-0.25, -0.2) is 0 Å². The van der Waals surface area contributed by atoms with Gasteiger partial charge in [0.2, 0.25) is 0 Å². The average Bonchev–Trinajstić information content (AvgIpc) is 3.39. The van der Waals surface area contributed by atoms with Gasteiger partial charge in [0.05, 0.1) is 35.2 Å². The second kappa shape index (κ2) is 7.70. The Morgan fingerprint density at radius 1 is 1.05 bits per heavy atom. The highest BCUT2D eigenvalue weighted by atomic mass is 16.7. The van der Waals surface area contributed by atoms with Crippen molar-refractivity contribution in [2.24, 2.45) is 28.6 Å². The number of nitrogens with zero attached hydrogens (tertiary/aromatic N) is 1. The molecule has 2 aliphatic heterocycles. The van der Waals surface area contributed by atoms with E-state index >= 15 is 0 Å². The van der Waals surface area contributed by atoms with Gasteiger partial charge in [0.25, 0.3) is 0 Å². The summed E-state index contributed by atoms with van der Waals surface area (Å²) in [5, 5.41) is 13.5. The fraction of sp³-hybridized carbons (Fsp3) is 0.929. The van der Waals surface area contributed by atoms with Gasteiger partial charge in [-0.3, -0.25) is 14.5 Å². The standard InChI is InChI=1S/C28H41NO9/c1-7-29-12-24(4)9-8-18(34-6)27-21(24)22(38-15(3)31)28(23(27)29)26(35-13-36-28)11-17(33-5)16-10-25(27,32)20(26)19(16)37-14(2)30/h16-23,32H,7-13H2,1-6H3/t16-,17+,18-,19+,20+,21-,22+,23+,24+,25+,26-,27-,28-/m1/s1. The summed E-state index contributed by atoms with van der Waals surface area (Å²) in [5.74, 6) is -1.78. The van der Waals surface area contributed by atoms with E-state index in [1.807, 2.05) is 0 Å². The van der Waals surface area contributed by atoms with Crippen LogP contribution in [0.4, 0.5) is 0 Å². The lowest BCUT2D eigenvalue weighted by Crippen LogP contribution is -2.85. The molecule has 3 spiro atoms. The van der Waals surface area contributed by atoms with Crippen LogP contribution in [0.5, 0.6) is 0 Å². The van der Waals surface area contributed by atoms with Crippen LogP contribution in [0, 0.1) is 28.6 Å². The summed E-state index contributed by atoms with van der Waals surface area (Å²) in [6.45, 7) is 8.81. The highest BCUT2D eigenvalue weighted by Gasteiger charge is 2.98. The summed E-state index contributed by atoms with van der Waals surface area (Å²) in [6, 6.07) is -0.316. The molecule has 0 unspecified atom stereocenters. The molecule has 7 fully saturated rings. The Hall–Kier alpha value is -1.30. The number of likely N-dealkylation sites (tertiary alicyclic amines) is 1. The van der Waals surface area contributed by atoms with Crippen molar-refractivity contribution in [2.45, 2.75) is 101 Å². The topological polar surface area (TPSA) is 113 Å². The Morgan fingerprint density at radius 3 is 2.42 bits per heavy atom. The van der Waals surface area contributed by atoms with Gasteiger partial charge >= 0.3 is 11.9 Å². The largest absolute Gasteiger partial charge is 0.462 e. The minimum atomic E-state index is -1.33. The predicted octanol–water partition coefficient (Wildman–Crippen LogP) is 1.27. The molecule has 7 rings (SSSR count). The molecule has 7 bridgehead atoms. The maximum absolute atomic E-state index is 13.5. The molecule has 0 aromatic carbocycles. The number of fused-ring (bicyclic) bond motifs is 1. The van der Waals surface area contributed by atoms with E-state index in [4.69, 9.17) is 28.4 Å². The number of piperidine rings is 1. The molecule has 0 radical (unpaired) electrons. The van der Waals surface area contributed by atoms with Gasteiger partial charge in [0, 0.05) is 52.9 Å². The summed E-state index contributed by atoms with van der Waals surface area (Å²) in [5.41, 5.74) is -4.59. The summed E-state index contributed by atoms with van der Waals surface area (Å²) < 4.78 is 38.4. The molecular weight excluding hydrogens is 494 g/mol. The van der Waals surface area contributed by atoms with Gasteiger partial charge in [-0.2, -0.15) is 0 Å². The number of hydrogen-bond acceptors (Lipinski definition) is 10. The van der Waals surface area contributed by atoms with Crippen LogP contribution in [-0.2, 0) is 38.0 Å². The van der Waals surface area contributed by atoms with Crippen LogP contribution in [0.3, 0.4) is 0 Å². The molecule has 5 aliphatic carbocycles. The van der Waals surface area contributed by atoms with Gasteiger partial charge in [-0.1, -0.05) is 13.8 Å². The number of hydrogen-bond donors (Lipinski definition) is 1. The van der Waals surface area contributed by atoms with Crippen LogP contribution in [0.1, 0.15) is 53.4 Å². The normalized spacial score (nSPS) is 57.4. The van der Waals surface area contributed by atoms with Crippen molar-refractivity contribution < 1.29 is 43.1 Å². The Balaban J connectivity index is 1.60. The van der Waals surface area contributed by atoms with E-state index in [2.05, 4.69) is 18.7 Å². The molecule has 13 atom stereocenters. The van der Waals surface area contributed by atoms with Crippen LogP contribution in [-0.4, -0.2) is 103 Å². The first-order valence-corrected chi connectivity index (χ1v) is 14.2. The number of rotatable bonds is 5. The maximum Gasteiger partial charge on any atom is 0.303 e. The number of carbonyl (C=O) groups is 2. The van der Waals surface area contributed by atoms with Crippen LogP contribution in [0.2, 0.25) is 0 Å². The van der Waals surface area contributed by atoms with Crippen molar-refractivity contribution in [3.05, 3.63) is 0 Å². The zero-order chi connectivity index (χ0) is 27.0.